The van der Waals surface area contributed by atoms with Crippen molar-refractivity contribution in [2.24, 2.45) is 0 Å². The van der Waals surface area contributed by atoms with Crippen LogP contribution in [0.15, 0.2) is 36.5 Å². The molecule has 2 atom stereocenters. The van der Waals surface area contributed by atoms with Gasteiger partial charge in [0.25, 0.3) is 0 Å². The number of carbonyl (C=O) groups excluding carboxylic acids is 1. The summed E-state index contributed by atoms with van der Waals surface area (Å²) >= 11 is 0. The number of nitrogens with one attached hydrogen (secondary N) is 1. The average Bonchev–Trinajstić information content (AvgIpc) is 2.60. The van der Waals surface area contributed by atoms with Gasteiger partial charge in [-0.1, -0.05) is 63.1 Å². The van der Waals surface area contributed by atoms with Crippen LogP contribution in [0, 0.1) is 0 Å². The first-order chi connectivity index (χ1) is 11.7. The minimum absolute atomic E-state index is 0.173. The first kappa shape index (κ1) is 22.6. The Morgan fingerprint density at radius 3 is 2.00 bits per heavy atom. The van der Waals surface area contributed by atoms with E-state index in [0.29, 0.717) is 6.42 Å². The molecular formula is C20H35NO3. The molecule has 0 bridgehead atoms. The predicted octanol–water partition coefficient (Wildman–Crippen LogP) is 3.65. The monoisotopic (exact) mass is 337 g/mol. The van der Waals surface area contributed by atoms with Crippen LogP contribution < -0.4 is 5.32 Å². The molecule has 4 heteroatoms. The molecule has 0 aromatic heterocycles. The highest BCUT2D eigenvalue weighted by molar-refractivity contribution is 5.75. The zero-order chi connectivity index (χ0) is 18.0. The van der Waals surface area contributed by atoms with Gasteiger partial charge in [0.1, 0.15) is 0 Å². The van der Waals surface area contributed by atoms with Crippen molar-refractivity contribution < 1.29 is 15.0 Å². The van der Waals surface area contributed by atoms with E-state index >= 15 is 0 Å². The van der Waals surface area contributed by atoms with Gasteiger partial charge in [0.2, 0.25) is 5.91 Å². The second-order valence-corrected chi connectivity index (χ2v) is 5.87. The summed E-state index contributed by atoms with van der Waals surface area (Å²) in [5.74, 6) is -0.173. The number of unbranched alkanes of at least 4 members (excludes halogenated alkanes) is 4. The predicted molar refractivity (Wildman–Crippen MR) is 101 cm³/mol. The summed E-state index contributed by atoms with van der Waals surface area (Å²) in [6, 6.07) is -0.635. The quantitative estimate of drug-likeness (QED) is 0.335. The molecule has 2 unspecified atom stereocenters. The Labute approximate surface area is 147 Å². The maximum Gasteiger partial charge on any atom is 0.220 e. The van der Waals surface area contributed by atoms with Crippen LogP contribution in [0.1, 0.15) is 65.2 Å². The van der Waals surface area contributed by atoms with Crippen molar-refractivity contribution in [1.82, 2.24) is 5.32 Å². The van der Waals surface area contributed by atoms with Gasteiger partial charge in [0.05, 0.1) is 18.8 Å². The Morgan fingerprint density at radius 1 is 0.958 bits per heavy atom. The maximum atomic E-state index is 11.3. The normalized spacial score (nSPS) is 14.7. The van der Waals surface area contributed by atoms with Gasteiger partial charge in [0, 0.05) is 6.42 Å². The number of aliphatic hydroxyl groups is 2. The van der Waals surface area contributed by atoms with Gasteiger partial charge in [-0.2, -0.15) is 0 Å². The van der Waals surface area contributed by atoms with E-state index in [1.807, 2.05) is 6.08 Å². The molecule has 24 heavy (non-hydrogen) atoms. The second-order valence-electron chi connectivity index (χ2n) is 5.87. The van der Waals surface area contributed by atoms with Crippen molar-refractivity contribution >= 4 is 5.91 Å². The number of amides is 1. The molecule has 0 aliphatic heterocycles. The number of rotatable bonds is 14. The molecular weight excluding hydrogens is 302 g/mol. The third-order valence-corrected chi connectivity index (χ3v) is 3.67. The Balaban J connectivity index is 3.80. The molecule has 0 aromatic carbocycles. The summed E-state index contributed by atoms with van der Waals surface area (Å²) in [6.45, 7) is 3.66. The molecule has 0 saturated heterocycles. The van der Waals surface area contributed by atoms with Crippen LogP contribution in [0.5, 0.6) is 0 Å². The number of hydrogen-bond acceptors (Lipinski definition) is 3. The van der Waals surface area contributed by atoms with Crippen LogP contribution in [0.25, 0.3) is 0 Å². The highest BCUT2D eigenvalue weighted by Gasteiger charge is 2.16. The van der Waals surface area contributed by atoms with Gasteiger partial charge in [-0.25, -0.2) is 0 Å². The van der Waals surface area contributed by atoms with Gasteiger partial charge in [-0.15, -0.1) is 0 Å². The molecule has 0 spiro atoms. The van der Waals surface area contributed by atoms with Crippen molar-refractivity contribution in [2.45, 2.75) is 77.4 Å². The molecule has 0 aliphatic carbocycles. The fourth-order valence-electron chi connectivity index (χ4n) is 2.10. The van der Waals surface area contributed by atoms with Crippen LogP contribution in [0.4, 0.5) is 0 Å². The summed E-state index contributed by atoms with van der Waals surface area (Å²) < 4.78 is 0. The van der Waals surface area contributed by atoms with Crippen LogP contribution in [-0.2, 0) is 4.79 Å². The highest BCUT2D eigenvalue weighted by atomic mass is 16.3. The molecule has 0 heterocycles. The van der Waals surface area contributed by atoms with E-state index in [9.17, 15) is 15.0 Å². The standard InChI is InChI=1S/C20H35NO3/c1-3-5-6-7-8-9-10-11-12-13-14-15-16-19(23)18(17-22)21-20(24)4-2/h7-8,11-12,15-16,18-19,22-23H,3-6,9-10,13-14,17H2,1-2H3,(H,21,24)/b8-7+,12-11+,16-15+. The molecule has 0 aromatic rings. The number of allylic oxidation sites excluding steroid dienone is 5. The number of hydrogen-bond donors (Lipinski definition) is 3. The smallest absolute Gasteiger partial charge is 0.220 e. The lowest BCUT2D eigenvalue weighted by atomic mass is 10.1. The van der Waals surface area contributed by atoms with Crippen molar-refractivity contribution in [2.75, 3.05) is 6.61 Å². The Kier molecular flexibility index (Phi) is 15.5. The second kappa shape index (κ2) is 16.5. The fraction of sp³-hybridized carbons (Fsp3) is 0.650. The third kappa shape index (κ3) is 13.1. The van der Waals surface area contributed by atoms with Crippen LogP contribution >= 0.6 is 0 Å². The zero-order valence-electron chi connectivity index (χ0n) is 15.3. The Bertz CT molecular complexity index is 388. The summed E-state index contributed by atoms with van der Waals surface area (Å²) in [6.07, 6.45) is 19.5. The van der Waals surface area contributed by atoms with Gasteiger partial charge < -0.3 is 15.5 Å². The minimum atomic E-state index is -0.859. The van der Waals surface area contributed by atoms with Gasteiger partial charge in [-0.05, 0) is 32.1 Å². The average molecular weight is 338 g/mol. The molecule has 138 valence electrons. The lowest BCUT2D eigenvalue weighted by molar-refractivity contribution is -0.122. The molecule has 0 fully saturated rings. The maximum absolute atomic E-state index is 11.3. The zero-order valence-corrected chi connectivity index (χ0v) is 15.3. The Morgan fingerprint density at radius 2 is 1.50 bits per heavy atom. The van der Waals surface area contributed by atoms with E-state index in [1.54, 1.807) is 13.0 Å². The van der Waals surface area contributed by atoms with E-state index in [0.717, 1.165) is 25.7 Å². The molecule has 4 nitrogen and oxygen atoms in total. The van der Waals surface area contributed by atoms with E-state index in [4.69, 9.17) is 0 Å². The van der Waals surface area contributed by atoms with Crippen molar-refractivity contribution in [3.05, 3.63) is 36.5 Å². The summed E-state index contributed by atoms with van der Waals surface area (Å²) in [5, 5.41) is 21.7. The number of aliphatic hydroxyl groups excluding tert-OH is 2. The number of carbonyl (C=O) groups is 1. The molecule has 0 rings (SSSR count). The summed E-state index contributed by atoms with van der Waals surface area (Å²) in [7, 11) is 0. The SMILES string of the molecule is CCCC/C=C/CC/C=C/CC/C=C/C(O)C(CO)NC(=O)CC. The van der Waals surface area contributed by atoms with E-state index in [1.165, 1.54) is 19.3 Å². The van der Waals surface area contributed by atoms with Gasteiger partial charge >= 0.3 is 0 Å². The topological polar surface area (TPSA) is 69.6 Å². The van der Waals surface area contributed by atoms with E-state index in [2.05, 4.69) is 36.5 Å². The molecule has 0 saturated carbocycles. The molecule has 3 N–H and O–H groups in total. The van der Waals surface area contributed by atoms with Gasteiger partial charge in [-0.3, -0.25) is 4.79 Å². The minimum Gasteiger partial charge on any atom is -0.394 e. The van der Waals surface area contributed by atoms with Gasteiger partial charge in [0.15, 0.2) is 0 Å². The summed E-state index contributed by atoms with van der Waals surface area (Å²) in [5.41, 5.74) is 0. The van der Waals surface area contributed by atoms with Crippen molar-refractivity contribution in [3.63, 3.8) is 0 Å². The van der Waals surface area contributed by atoms with E-state index in [-0.39, 0.29) is 12.5 Å². The molecule has 0 radical (unpaired) electrons. The summed E-state index contributed by atoms with van der Waals surface area (Å²) in [4.78, 5) is 11.3. The molecule has 1 amide bonds. The van der Waals surface area contributed by atoms with Crippen LogP contribution in [-0.4, -0.2) is 34.9 Å². The fourth-order valence-corrected chi connectivity index (χ4v) is 2.10. The molecule has 0 aliphatic rings. The van der Waals surface area contributed by atoms with Crippen LogP contribution in [0.2, 0.25) is 0 Å². The van der Waals surface area contributed by atoms with E-state index < -0.39 is 12.1 Å². The lowest BCUT2D eigenvalue weighted by Gasteiger charge is -2.19. The van der Waals surface area contributed by atoms with Crippen molar-refractivity contribution in [3.8, 4) is 0 Å². The first-order valence-corrected chi connectivity index (χ1v) is 9.20. The Hall–Kier alpha value is -1.39. The highest BCUT2D eigenvalue weighted by Crippen LogP contribution is 2.02. The van der Waals surface area contributed by atoms with Crippen LogP contribution in [0.3, 0.4) is 0 Å². The lowest BCUT2D eigenvalue weighted by Crippen LogP contribution is -2.44. The first-order valence-electron chi connectivity index (χ1n) is 9.20. The third-order valence-electron chi connectivity index (χ3n) is 3.67. The van der Waals surface area contributed by atoms with Crippen molar-refractivity contribution in [1.29, 1.82) is 0 Å². The largest absolute Gasteiger partial charge is 0.394 e.